The van der Waals surface area contributed by atoms with Crippen molar-refractivity contribution >= 4 is 11.7 Å². The summed E-state index contributed by atoms with van der Waals surface area (Å²) in [6, 6.07) is 11.3. The van der Waals surface area contributed by atoms with Gasteiger partial charge in [-0.1, -0.05) is 30.3 Å². The van der Waals surface area contributed by atoms with E-state index in [1.54, 1.807) is 12.3 Å². The molecule has 0 saturated heterocycles. The van der Waals surface area contributed by atoms with Gasteiger partial charge in [0, 0.05) is 11.9 Å². The van der Waals surface area contributed by atoms with Gasteiger partial charge in [0.05, 0.1) is 6.61 Å². The minimum absolute atomic E-state index is 0.0184. The van der Waals surface area contributed by atoms with E-state index in [9.17, 15) is 4.79 Å². The van der Waals surface area contributed by atoms with E-state index in [-0.39, 0.29) is 12.4 Å². The van der Waals surface area contributed by atoms with E-state index in [1.807, 2.05) is 37.3 Å². The molecule has 0 saturated carbocycles. The van der Waals surface area contributed by atoms with Crippen molar-refractivity contribution in [2.24, 2.45) is 0 Å². The number of amides is 1. The average molecular weight is 283 g/mol. The number of hydrogen-bond donors (Lipinski definition) is 1. The minimum Gasteiger partial charge on any atom is -0.269 e. The maximum absolute atomic E-state index is 11.9. The fourth-order valence-electron chi connectivity index (χ4n) is 1.81. The first-order chi connectivity index (χ1) is 10.2. The lowest BCUT2D eigenvalue weighted by molar-refractivity contribution is 0.0225. The highest BCUT2D eigenvalue weighted by Gasteiger charge is 2.14. The van der Waals surface area contributed by atoms with Crippen LogP contribution in [0, 0.1) is 6.92 Å². The molecule has 0 aliphatic rings. The van der Waals surface area contributed by atoms with Crippen LogP contribution in [-0.2, 0) is 11.4 Å². The Hall–Kier alpha value is -2.80. The van der Waals surface area contributed by atoms with Crippen molar-refractivity contribution in [3.63, 3.8) is 0 Å². The number of aryl methyl sites for hydroxylation is 1. The fraction of sp³-hybridized carbons (Fsp3) is 0.143. The second-order valence-electron chi connectivity index (χ2n) is 4.44. The first kappa shape index (κ1) is 13.2. The third-order valence-electron chi connectivity index (χ3n) is 2.88. The molecule has 3 aromatic rings. The van der Waals surface area contributed by atoms with Crippen LogP contribution in [-0.4, -0.2) is 25.5 Å². The monoisotopic (exact) mass is 283 g/mol. The third kappa shape index (κ3) is 2.87. The van der Waals surface area contributed by atoms with Gasteiger partial charge in [-0.15, -0.1) is 5.10 Å². The molecule has 0 fully saturated rings. The van der Waals surface area contributed by atoms with Crippen LogP contribution in [0.3, 0.4) is 0 Å². The van der Waals surface area contributed by atoms with Crippen LogP contribution >= 0.6 is 0 Å². The highest BCUT2D eigenvalue weighted by atomic mass is 16.6. The van der Waals surface area contributed by atoms with Crippen molar-refractivity contribution in [1.29, 1.82) is 0 Å². The molecular weight excluding hydrogens is 270 g/mol. The highest BCUT2D eigenvalue weighted by Crippen LogP contribution is 2.02. The third-order valence-corrected chi connectivity index (χ3v) is 2.88. The lowest BCUT2D eigenvalue weighted by atomic mass is 10.2. The smallest absolute Gasteiger partial charge is 0.269 e. The Balaban J connectivity index is 1.65. The largest absolute Gasteiger partial charge is 0.314 e. The number of aromatic nitrogens is 4. The van der Waals surface area contributed by atoms with E-state index < -0.39 is 5.91 Å². The zero-order chi connectivity index (χ0) is 14.7. The second kappa shape index (κ2) is 5.68. The van der Waals surface area contributed by atoms with Gasteiger partial charge in [0.15, 0.2) is 0 Å². The van der Waals surface area contributed by atoms with Gasteiger partial charge < -0.3 is 0 Å². The number of carbonyl (C=O) groups excluding carboxylic acids is 1. The summed E-state index contributed by atoms with van der Waals surface area (Å²) in [6.07, 6.45) is 1.62. The van der Waals surface area contributed by atoms with Crippen LogP contribution in [0.2, 0.25) is 0 Å². The van der Waals surface area contributed by atoms with E-state index >= 15 is 0 Å². The molecule has 0 aliphatic heterocycles. The number of carbonyl (C=O) groups is 1. The maximum atomic E-state index is 11.9. The second-order valence-corrected chi connectivity index (χ2v) is 4.44. The number of fused-ring (bicyclic) bond motifs is 1. The molecule has 7 heteroatoms. The fourth-order valence-corrected chi connectivity index (χ4v) is 1.81. The summed E-state index contributed by atoms with van der Waals surface area (Å²) in [4.78, 5) is 25.2. The summed E-state index contributed by atoms with van der Waals surface area (Å²) in [5.41, 5.74) is 4.12. The molecular formula is C14H13N5O2. The van der Waals surface area contributed by atoms with E-state index in [4.69, 9.17) is 4.84 Å². The van der Waals surface area contributed by atoms with Crippen molar-refractivity contribution < 1.29 is 9.63 Å². The molecule has 0 aliphatic carbocycles. The molecule has 0 radical (unpaired) electrons. The van der Waals surface area contributed by atoms with Gasteiger partial charge in [-0.3, -0.25) is 9.63 Å². The number of benzene rings is 1. The summed E-state index contributed by atoms with van der Waals surface area (Å²) >= 11 is 0. The Kier molecular flexibility index (Phi) is 3.57. The number of rotatable bonds is 4. The van der Waals surface area contributed by atoms with Crippen molar-refractivity contribution in [2.75, 3.05) is 0 Å². The lowest BCUT2D eigenvalue weighted by Crippen LogP contribution is -2.24. The predicted octanol–water partition coefficient (Wildman–Crippen LogP) is 1.29. The molecule has 2 heterocycles. The summed E-state index contributed by atoms with van der Waals surface area (Å²) < 4.78 is 1.51. The topological polar surface area (TPSA) is 81.4 Å². The quantitative estimate of drug-likeness (QED) is 0.730. The SMILES string of the molecule is Cc1ccnc2nc(C(=O)NOCc3ccccc3)nn12. The zero-order valence-electron chi connectivity index (χ0n) is 11.4. The van der Waals surface area contributed by atoms with Gasteiger partial charge >= 0.3 is 5.91 Å². The molecule has 1 amide bonds. The van der Waals surface area contributed by atoms with Gasteiger partial charge in [-0.2, -0.15) is 4.98 Å². The first-order valence-corrected chi connectivity index (χ1v) is 6.38. The molecule has 7 nitrogen and oxygen atoms in total. The standard InChI is InChI=1S/C14H13N5O2/c1-10-7-8-15-14-16-12(17-19(10)14)13(20)18-21-9-11-5-3-2-4-6-11/h2-8H,9H2,1H3,(H,18,20). The van der Waals surface area contributed by atoms with Crippen LogP contribution in [0.5, 0.6) is 0 Å². The molecule has 106 valence electrons. The minimum atomic E-state index is -0.504. The summed E-state index contributed by atoms with van der Waals surface area (Å²) in [7, 11) is 0. The average Bonchev–Trinajstić information content (AvgIpc) is 2.94. The molecule has 0 atom stereocenters. The van der Waals surface area contributed by atoms with E-state index in [2.05, 4.69) is 20.5 Å². The Morgan fingerprint density at radius 1 is 1.29 bits per heavy atom. The summed E-state index contributed by atoms with van der Waals surface area (Å²) in [5.74, 6) is -0.107. The van der Waals surface area contributed by atoms with Crippen LogP contribution in [0.4, 0.5) is 0 Å². The number of nitrogens with one attached hydrogen (secondary N) is 1. The molecule has 21 heavy (non-hydrogen) atoms. The molecule has 0 spiro atoms. The summed E-state index contributed by atoms with van der Waals surface area (Å²) in [5, 5.41) is 4.09. The number of hydrogen-bond acceptors (Lipinski definition) is 5. The van der Waals surface area contributed by atoms with Crippen molar-refractivity contribution in [1.82, 2.24) is 25.1 Å². The van der Waals surface area contributed by atoms with Gasteiger partial charge in [-0.25, -0.2) is 15.0 Å². The van der Waals surface area contributed by atoms with E-state index in [1.165, 1.54) is 4.52 Å². The lowest BCUT2D eigenvalue weighted by Gasteiger charge is -2.03. The Bertz CT molecular complexity index is 769. The molecule has 1 N–H and O–H groups in total. The van der Waals surface area contributed by atoms with Crippen molar-refractivity contribution in [2.45, 2.75) is 13.5 Å². The first-order valence-electron chi connectivity index (χ1n) is 6.38. The molecule has 0 bridgehead atoms. The van der Waals surface area contributed by atoms with Crippen LogP contribution in [0.25, 0.3) is 5.78 Å². The van der Waals surface area contributed by atoms with Crippen molar-refractivity contribution in [3.05, 3.63) is 59.7 Å². The van der Waals surface area contributed by atoms with Gasteiger partial charge in [0.1, 0.15) is 0 Å². The normalized spacial score (nSPS) is 10.7. The van der Waals surface area contributed by atoms with Crippen molar-refractivity contribution in [3.8, 4) is 0 Å². The number of nitrogens with zero attached hydrogens (tertiary/aromatic N) is 4. The van der Waals surface area contributed by atoms with Gasteiger partial charge in [-0.05, 0) is 18.6 Å². The van der Waals surface area contributed by atoms with Crippen LogP contribution in [0.15, 0.2) is 42.6 Å². The Morgan fingerprint density at radius 3 is 2.86 bits per heavy atom. The van der Waals surface area contributed by atoms with Gasteiger partial charge in [0.2, 0.25) is 5.82 Å². The Labute approximate surface area is 120 Å². The molecule has 3 rings (SSSR count). The number of hydroxylamine groups is 1. The van der Waals surface area contributed by atoms with E-state index in [0.29, 0.717) is 5.78 Å². The highest BCUT2D eigenvalue weighted by molar-refractivity contribution is 5.89. The molecule has 1 aromatic carbocycles. The summed E-state index contributed by atoms with van der Waals surface area (Å²) in [6.45, 7) is 2.13. The predicted molar refractivity (Wildman–Crippen MR) is 74.2 cm³/mol. The van der Waals surface area contributed by atoms with E-state index in [0.717, 1.165) is 11.3 Å². The van der Waals surface area contributed by atoms with Crippen LogP contribution in [0.1, 0.15) is 21.9 Å². The molecule has 2 aromatic heterocycles. The molecule has 0 unspecified atom stereocenters. The Morgan fingerprint density at radius 2 is 2.10 bits per heavy atom. The zero-order valence-corrected chi connectivity index (χ0v) is 11.4. The maximum Gasteiger partial charge on any atom is 0.314 e. The van der Waals surface area contributed by atoms with Crippen LogP contribution < -0.4 is 5.48 Å². The van der Waals surface area contributed by atoms with Gasteiger partial charge in [0.25, 0.3) is 5.78 Å².